The summed E-state index contributed by atoms with van der Waals surface area (Å²) in [7, 11) is -3.96. The normalized spacial score (nSPS) is 12.4. The van der Waals surface area contributed by atoms with E-state index >= 15 is 0 Å². The highest BCUT2D eigenvalue weighted by atomic mass is 32.2. The van der Waals surface area contributed by atoms with Gasteiger partial charge in [-0.15, -0.1) is 11.3 Å². The second-order valence-electron chi connectivity index (χ2n) is 8.01. The molecule has 0 saturated heterocycles. The Kier molecular flexibility index (Phi) is 6.56. The number of hydrogen-bond donors (Lipinski definition) is 4. The van der Waals surface area contributed by atoms with Gasteiger partial charge >= 0.3 is 0 Å². The molecule has 4 rings (SSSR count). The molecule has 0 aliphatic rings. The van der Waals surface area contributed by atoms with E-state index in [4.69, 9.17) is 5.14 Å². The summed E-state index contributed by atoms with van der Waals surface area (Å²) in [6.45, 7) is 3.51. The van der Waals surface area contributed by atoms with Crippen LogP contribution in [0, 0.1) is 13.8 Å². The number of nitrogens with one attached hydrogen (secondary N) is 3. The molecule has 0 radical (unpaired) electrons. The fourth-order valence-corrected chi connectivity index (χ4v) is 4.96. The molecule has 8 nitrogen and oxygen atoms in total. The number of anilines is 1. The van der Waals surface area contributed by atoms with Crippen LogP contribution in [-0.4, -0.2) is 31.3 Å². The molecule has 5 N–H and O–H groups in total. The molecule has 1 atom stereocenters. The van der Waals surface area contributed by atoms with E-state index in [0.717, 1.165) is 16.5 Å². The molecule has 0 aliphatic carbocycles. The number of carbonyl (C=O) groups is 2. The van der Waals surface area contributed by atoms with Crippen LogP contribution in [-0.2, 0) is 21.2 Å². The van der Waals surface area contributed by atoms with E-state index in [9.17, 15) is 18.0 Å². The molecule has 2 amide bonds. The maximum atomic E-state index is 13.4. The van der Waals surface area contributed by atoms with Gasteiger partial charge in [0.2, 0.25) is 15.9 Å². The first kappa shape index (κ1) is 23.7. The van der Waals surface area contributed by atoms with E-state index in [0.29, 0.717) is 21.7 Å². The third-order valence-electron chi connectivity index (χ3n) is 5.69. The van der Waals surface area contributed by atoms with Gasteiger partial charge in [0.05, 0.1) is 9.77 Å². The van der Waals surface area contributed by atoms with Crippen molar-refractivity contribution in [1.82, 2.24) is 10.3 Å². The average Bonchev–Trinajstić information content (AvgIpc) is 3.46. The molecule has 2 heterocycles. The fraction of sp³-hybridized carbons (Fsp3) is 0.167. The quantitative estimate of drug-likeness (QED) is 0.312. The van der Waals surface area contributed by atoms with Crippen molar-refractivity contribution in [1.29, 1.82) is 0 Å². The number of benzene rings is 2. The molecular weight excluding hydrogens is 472 g/mol. The first-order valence-electron chi connectivity index (χ1n) is 10.5. The lowest BCUT2D eigenvalue weighted by Crippen LogP contribution is -2.45. The largest absolute Gasteiger partial charge is 0.361 e. The van der Waals surface area contributed by atoms with Gasteiger partial charge in [0.15, 0.2) is 0 Å². The van der Waals surface area contributed by atoms with E-state index < -0.39 is 22.0 Å². The number of primary sulfonamides is 1. The summed E-state index contributed by atoms with van der Waals surface area (Å²) in [6.07, 6.45) is 2.05. The number of para-hydroxylation sites is 1. The topological polar surface area (TPSA) is 134 Å². The van der Waals surface area contributed by atoms with Gasteiger partial charge in [-0.1, -0.05) is 24.3 Å². The molecule has 4 aromatic rings. The van der Waals surface area contributed by atoms with E-state index in [1.165, 1.54) is 23.5 Å². The number of aryl methyl sites for hydroxylation is 1. The van der Waals surface area contributed by atoms with E-state index in [-0.39, 0.29) is 17.2 Å². The minimum absolute atomic E-state index is 0.0956. The summed E-state index contributed by atoms with van der Waals surface area (Å²) in [5.41, 5.74) is 3.49. The second-order valence-corrected chi connectivity index (χ2v) is 10.5. The Balaban J connectivity index is 1.66. The van der Waals surface area contributed by atoms with Crippen molar-refractivity contribution < 1.29 is 18.0 Å². The predicted octanol–water partition coefficient (Wildman–Crippen LogP) is 3.47. The monoisotopic (exact) mass is 496 g/mol. The fourth-order valence-electron chi connectivity index (χ4n) is 3.71. The lowest BCUT2D eigenvalue weighted by Gasteiger charge is -2.20. The molecule has 0 fully saturated rings. The summed E-state index contributed by atoms with van der Waals surface area (Å²) in [4.78, 5) is 29.7. The molecule has 0 aliphatic heterocycles. The average molecular weight is 497 g/mol. The third-order valence-corrected chi connectivity index (χ3v) is 7.45. The van der Waals surface area contributed by atoms with Gasteiger partial charge in [-0.2, -0.15) is 0 Å². The Morgan fingerprint density at radius 3 is 2.59 bits per heavy atom. The van der Waals surface area contributed by atoms with Crippen LogP contribution in [0.25, 0.3) is 10.9 Å². The minimum Gasteiger partial charge on any atom is -0.361 e. The maximum absolute atomic E-state index is 13.4. The third kappa shape index (κ3) is 5.04. The first-order valence-corrected chi connectivity index (χ1v) is 12.9. The van der Waals surface area contributed by atoms with E-state index in [2.05, 4.69) is 15.6 Å². The molecule has 0 saturated carbocycles. The van der Waals surface area contributed by atoms with Crippen LogP contribution < -0.4 is 15.8 Å². The number of fused-ring (bicyclic) bond motifs is 1. The van der Waals surface area contributed by atoms with Gasteiger partial charge in [0, 0.05) is 29.2 Å². The number of H-pyrrole nitrogens is 1. The second kappa shape index (κ2) is 9.41. The number of aromatic amines is 1. The Morgan fingerprint density at radius 2 is 1.88 bits per heavy atom. The van der Waals surface area contributed by atoms with Gasteiger partial charge in [-0.3, -0.25) is 9.59 Å². The van der Waals surface area contributed by atoms with Crippen LogP contribution in [0.1, 0.15) is 26.4 Å². The van der Waals surface area contributed by atoms with Crippen LogP contribution >= 0.6 is 11.3 Å². The number of aromatic nitrogens is 1. The summed E-state index contributed by atoms with van der Waals surface area (Å²) < 4.78 is 23.8. The Hall–Kier alpha value is -3.47. The number of hydrogen-bond acceptors (Lipinski definition) is 5. The molecule has 34 heavy (non-hydrogen) atoms. The van der Waals surface area contributed by atoms with Crippen molar-refractivity contribution in [3.63, 3.8) is 0 Å². The van der Waals surface area contributed by atoms with Crippen molar-refractivity contribution >= 4 is 49.8 Å². The Bertz CT molecular complexity index is 1470. The van der Waals surface area contributed by atoms with Crippen LogP contribution in [0.3, 0.4) is 0 Å². The van der Waals surface area contributed by atoms with Gasteiger partial charge in [0.25, 0.3) is 5.91 Å². The smallest absolute Gasteiger partial charge is 0.262 e. The number of carbonyl (C=O) groups excluding carboxylic acids is 2. The lowest BCUT2D eigenvalue weighted by atomic mass is 10.0. The summed E-state index contributed by atoms with van der Waals surface area (Å²) in [5, 5.41) is 13.7. The number of rotatable bonds is 7. The number of nitrogens with two attached hydrogens (primary N) is 1. The highest BCUT2D eigenvalue weighted by Gasteiger charge is 2.25. The predicted molar refractivity (Wildman–Crippen MR) is 133 cm³/mol. The van der Waals surface area contributed by atoms with Gasteiger partial charge in [-0.25, -0.2) is 13.6 Å². The van der Waals surface area contributed by atoms with Crippen LogP contribution in [0.15, 0.2) is 65.0 Å². The van der Waals surface area contributed by atoms with Crippen LogP contribution in [0.4, 0.5) is 5.69 Å². The molecule has 2 aromatic carbocycles. The molecule has 0 spiro atoms. The molecular formula is C24H24N4O4S2. The summed E-state index contributed by atoms with van der Waals surface area (Å²) in [6, 6.07) is 13.0. The Morgan fingerprint density at radius 1 is 1.12 bits per heavy atom. The number of thiophene rings is 1. The van der Waals surface area contributed by atoms with Crippen molar-refractivity contribution in [2.45, 2.75) is 31.2 Å². The van der Waals surface area contributed by atoms with Gasteiger partial charge < -0.3 is 15.6 Å². The molecule has 176 valence electrons. The standard InChI is InChI=1S/C24H24N4O4S2/c1-14-10-17(34(25,31)32)12-20(15(14)2)27-23(29)21(28-24(30)22-8-5-9-33-22)11-16-13-26-19-7-4-3-6-18(16)19/h3-10,12-13,21,26H,11H2,1-2H3,(H,27,29)(H,28,30)(H2,25,31,32)/t21-/m1/s1. The summed E-state index contributed by atoms with van der Waals surface area (Å²) >= 11 is 1.28. The van der Waals surface area contributed by atoms with E-state index in [1.54, 1.807) is 31.4 Å². The molecule has 0 bridgehead atoms. The Labute approximate surface area is 201 Å². The first-order chi connectivity index (χ1) is 16.1. The minimum atomic E-state index is -3.96. The number of sulfonamides is 1. The number of amides is 2. The zero-order valence-corrected chi connectivity index (χ0v) is 20.2. The van der Waals surface area contributed by atoms with Crippen molar-refractivity contribution in [2.75, 3.05) is 5.32 Å². The van der Waals surface area contributed by atoms with Crippen molar-refractivity contribution in [3.05, 3.63) is 81.7 Å². The van der Waals surface area contributed by atoms with Crippen molar-refractivity contribution in [3.8, 4) is 0 Å². The van der Waals surface area contributed by atoms with E-state index in [1.807, 2.05) is 30.5 Å². The highest BCUT2D eigenvalue weighted by Crippen LogP contribution is 2.25. The molecule has 10 heteroatoms. The van der Waals surface area contributed by atoms with Crippen LogP contribution in [0.5, 0.6) is 0 Å². The maximum Gasteiger partial charge on any atom is 0.262 e. The zero-order chi connectivity index (χ0) is 24.5. The zero-order valence-electron chi connectivity index (χ0n) is 18.6. The lowest BCUT2D eigenvalue weighted by molar-refractivity contribution is -0.118. The van der Waals surface area contributed by atoms with Gasteiger partial charge in [0.1, 0.15) is 6.04 Å². The molecule has 2 aromatic heterocycles. The van der Waals surface area contributed by atoms with Gasteiger partial charge in [-0.05, 0) is 60.2 Å². The SMILES string of the molecule is Cc1cc(S(N)(=O)=O)cc(NC(=O)[C@@H](Cc2c[nH]c3ccccc23)NC(=O)c2cccs2)c1C. The highest BCUT2D eigenvalue weighted by molar-refractivity contribution is 7.89. The van der Waals surface area contributed by atoms with Crippen molar-refractivity contribution in [2.24, 2.45) is 5.14 Å². The summed E-state index contributed by atoms with van der Waals surface area (Å²) in [5.74, 6) is -0.828. The van der Waals surface area contributed by atoms with Crippen LogP contribution in [0.2, 0.25) is 0 Å². The molecule has 0 unspecified atom stereocenters.